The molecule has 1 aliphatic heterocycles. The van der Waals surface area contributed by atoms with Gasteiger partial charge in [0.15, 0.2) is 0 Å². The predicted octanol–water partition coefficient (Wildman–Crippen LogP) is 1.99. The van der Waals surface area contributed by atoms with Crippen molar-refractivity contribution in [2.24, 2.45) is 0 Å². The third-order valence-corrected chi connectivity index (χ3v) is 4.14. The number of ether oxygens (including phenoxy) is 1. The van der Waals surface area contributed by atoms with Crippen molar-refractivity contribution in [3.63, 3.8) is 0 Å². The maximum atomic E-state index is 5.37. The van der Waals surface area contributed by atoms with Crippen LogP contribution in [-0.4, -0.2) is 43.3 Å². The number of nitrogens with one attached hydrogen (secondary N) is 1. The van der Waals surface area contributed by atoms with Crippen molar-refractivity contribution < 1.29 is 4.74 Å². The lowest BCUT2D eigenvalue weighted by molar-refractivity contribution is 0.122. The first kappa shape index (κ1) is 12.2. The van der Waals surface area contributed by atoms with E-state index in [1.807, 2.05) is 7.05 Å². The van der Waals surface area contributed by atoms with Gasteiger partial charge in [-0.15, -0.1) is 0 Å². The highest BCUT2D eigenvalue weighted by atomic mass is 79.9. The predicted molar refractivity (Wildman–Crippen MR) is 74.3 cm³/mol. The van der Waals surface area contributed by atoms with Crippen LogP contribution in [0.3, 0.4) is 0 Å². The average Bonchev–Trinajstić information content (AvgIpc) is 3.24. The lowest BCUT2D eigenvalue weighted by Crippen LogP contribution is -2.37. The largest absolute Gasteiger partial charge is 0.378 e. The number of morpholine rings is 1. The first-order valence-corrected chi connectivity index (χ1v) is 7.16. The van der Waals surface area contributed by atoms with E-state index in [1.54, 1.807) is 0 Å². The fourth-order valence-electron chi connectivity index (χ4n) is 2.15. The van der Waals surface area contributed by atoms with Gasteiger partial charge in [-0.2, -0.15) is 4.98 Å². The number of rotatable bonds is 3. The van der Waals surface area contributed by atoms with Gasteiger partial charge in [-0.1, -0.05) is 0 Å². The van der Waals surface area contributed by atoms with Crippen LogP contribution >= 0.6 is 15.9 Å². The molecule has 1 aliphatic carbocycles. The number of aromatic nitrogens is 2. The minimum absolute atomic E-state index is 0.606. The molecule has 1 saturated carbocycles. The topological polar surface area (TPSA) is 50.3 Å². The van der Waals surface area contributed by atoms with Gasteiger partial charge in [0.05, 0.1) is 23.4 Å². The second-order valence-electron chi connectivity index (χ2n) is 4.70. The lowest BCUT2D eigenvalue weighted by atomic mass is 10.2. The van der Waals surface area contributed by atoms with Crippen molar-refractivity contribution in [1.29, 1.82) is 0 Å². The molecule has 0 bridgehead atoms. The molecule has 3 rings (SSSR count). The summed E-state index contributed by atoms with van der Waals surface area (Å²) in [7, 11) is 1.90. The average molecular weight is 313 g/mol. The number of nitrogens with zero attached hydrogens (tertiary/aromatic N) is 3. The summed E-state index contributed by atoms with van der Waals surface area (Å²) in [6.07, 6.45) is 2.47. The molecule has 0 radical (unpaired) electrons. The van der Waals surface area contributed by atoms with Crippen molar-refractivity contribution in [2.45, 2.75) is 18.8 Å². The Morgan fingerprint density at radius 1 is 1.28 bits per heavy atom. The Labute approximate surface area is 115 Å². The Morgan fingerprint density at radius 3 is 2.61 bits per heavy atom. The maximum absolute atomic E-state index is 5.37. The van der Waals surface area contributed by atoms with Crippen LogP contribution in [0.1, 0.15) is 24.5 Å². The Morgan fingerprint density at radius 2 is 2.00 bits per heavy atom. The summed E-state index contributed by atoms with van der Waals surface area (Å²) in [5.41, 5.74) is 1.15. The van der Waals surface area contributed by atoms with E-state index < -0.39 is 0 Å². The molecule has 5 nitrogen and oxygen atoms in total. The second-order valence-corrected chi connectivity index (χ2v) is 5.49. The smallest absolute Gasteiger partial charge is 0.227 e. The zero-order valence-electron chi connectivity index (χ0n) is 10.4. The van der Waals surface area contributed by atoms with E-state index in [2.05, 4.69) is 31.1 Å². The third-order valence-electron chi connectivity index (χ3n) is 3.36. The molecule has 1 aromatic heterocycles. The molecule has 1 N–H and O–H groups in total. The summed E-state index contributed by atoms with van der Waals surface area (Å²) in [5.74, 6) is 2.32. The van der Waals surface area contributed by atoms with Crippen LogP contribution in [-0.2, 0) is 4.74 Å². The van der Waals surface area contributed by atoms with E-state index >= 15 is 0 Å². The third kappa shape index (κ3) is 2.31. The van der Waals surface area contributed by atoms with Gasteiger partial charge < -0.3 is 15.0 Å². The van der Waals surface area contributed by atoms with Crippen LogP contribution in [0.2, 0.25) is 0 Å². The van der Waals surface area contributed by atoms with Gasteiger partial charge in [0.2, 0.25) is 5.95 Å². The van der Waals surface area contributed by atoms with Crippen molar-refractivity contribution >= 4 is 27.7 Å². The minimum Gasteiger partial charge on any atom is -0.378 e. The van der Waals surface area contributed by atoms with Crippen LogP contribution in [0.15, 0.2) is 4.47 Å². The van der Waals surface area contributed by atoms with Gasteiger partial charge in [-0.3, -0.25) is 0 Å². The van der Waals surface area contributed by atoms with Crippen LogP contribution in [0, 0.1) is 0 Å². The number of anilines is 2. The zero-order valence-corrected chi connectivity index (χ0v) is 12.0. The van der Waals surface area contributed by atoms with E-state index in [9.17, 15) is 0 Å². The molecule has 6 heteroatoms. The van der Waals surface area contributed by atoms with Gasteiger partial charge in [-0.05, 0) is 28.8 Å². The summed E-state index contributed by atoms with van der Waals surface area (Å²) in [6, 6.07) is 0. The van der Waals surface area contributed by atoms with E-state index in [0.29, 0.717) is 5.92 Å². The molecule has 0 spiro atoms. The molecule has 2 heterocycles. The highest BCUT2D eigenvalue weighted by Crippen LogP contribution is 2.44. The van der Waals surface area contributed by atoms with E-state index in [4.69, 9.17) is 9.72 Å². The summed E-state index contributed by atoms with van der Waals surface area (Å²) < 4.78 is 6.39. The molecule has 2 aliphatic rings. The highest BCUT2D eigenvalue weighted by molar-refractivity contribution is 9.10. The summed E-state index contributed by atoms with van der Waals surface area (Å²) in [5, 5.41) is 3.14. The normalized spacial score (nSPS) is 20.0. The molecule has 1 aromatic rings. The van der Waals surface area contributed by atoms with E-state index in [1.165, 1.54) is 12.8 Å². The molecule has 0 amide bonds. The standard InChI is InChI=1S/C12H17BrN4O/c1-14-11-9(13)10(8-2-3-8)15-12(16-11)17-4-6-18-7-5-17/h8H,2-7H2,1H3,(H,14,15,16). The van der Waals surface area contributed by atoms with Crippen LogP contribution < -0.4 is 10.2 Å². The SMILES string of the molecule is CNc1nc(N2CCOCC2)nc(C2CC2)c1Br. The quantitative estimate of drug-likeness (QED) is 0.925. The molecule has 1 saturated heterocycles. The Bertz CT molecular complexity index is 444. The van der Waals surface area contributed by atoms with Crippen LogP contribution in [0.4, 0.5) is 11.8 Å². The minimum atomic E-state index is 0.606. The molecule has 0 unspecified atom stereocenters. The van der Waals surface area contributed by atoms with Gasteiger partial charge in [0.1, 0.15) is 5.82 Å². The van der Waals surface area contributed by atoms with Gasteiger partial charge in [-0.25, -0.2) is 4.98 Å². The Kier molecular flexibility index (Phi) is 3.39. The molecular formula is C12H17BrN4O. The van der Waals surface area contributed by atoms with Gasteiger partial charge in [0.25, 0.3) is 0 Å². The summed E-state index contributed by atoms with van der Waals surface area (Å²) in [4.78, 5) is 11.5. The van der Waals surface area contributed by atoms with Crippen LogP contribution in [0.5, 0.6) is 0 Å². The lowest BCUT2D eigenvalue weighted by Gasteiger charge is -2.27. The van der Waals surface area contributed by atoms with Gasteiger partial charge >= 0.3 is 0 Å². The first-order chi connectivity index (χ1) is 8.79. The molecule has 0 aromatic carbocycles. The van der Waals surface area contributed by atoms with Crippen molar-refractivity contribution in [3.8, 4) is 0 Å². The highest BCUT2D eigenvalue weighted by Gasteiger charge is 2.30. The number of halogens is 1. The monoisotopic (exact) mass is 312 g/mol. The summed E-state index contributed by atoms with van der Waals surface area (Å²) in [6.45, 7) is 3.25. The Hall–Kier alpha value is -0.880. The second kappa shape index (κ2) is 5.01. The molecule has 0 atom stereocenters. The Balaban J connectivity index is 1.95. The molecular weight excluding hydrogens is 296 g/mol. The summed E-state index contributed by atoms with van der Waals surface area (Å²) >= 11 is 3.61. The van der Waals surface area contributed by atoms with Crippen molar-refractivity contribution in [1.82, 2.24) is 9.97 Å². The number of hydrogen-bond donors (Lipinski definition) is 1. The number of hydrogen-bond acceptors (Lipinski definition) is 5. The first-order valence-electron chi connectivity index (χ1n) is 6.37. The van der Waals surface area contributed by atoms with E-state index in [-0.39, 0.29) is 0 Å². The fraction of sp³-hybridized carbons (Fsp3) is 0.667. The molecule has 98 valence electrons. The fourth-order valence-corrected chi connectivity index (χ4v) is 2.85. The maximum Gasteiger partial charge on any atom is 0.227 e. The van der Waals surface area contributed by atoms with Crippen molar-refractivity contribution in [2.75, 3.05) is 43.6 Å². The van der Waals surface area contributed by atoms with Crippen molar-refractivity contribution in [3.05, 3.63) is 10.2 Å². The molecule has 2 fully saturated rings. The zero-order chi connectivity index (χ0) is 12.5. The molecule has 18 heavy (non-hydrogen) atoms. The van der Waals surface area contributed by atoms with Gasteiger partial charge in [0, 0.05) is 26.1 Å². The van der Waals surface area contributed by atoms with Crippen LogP contribution in [0.25, 0.3) is 0 Å². The van der Waals surface area contributed by atoms with E-state index in [0.717, 1.165) is 48.2 Å².